The number of ether oxygens (including phenoxy) is 1. The lowest BCUT2D eigenvalue weighted by atomic mass is 9.77. The van der Waals surface area contributed by atoms with Gasteiger partial charge >= 0.3 is 0 Å². The normalized spacial score (nSPS) is 25.4. The average molecular weight is 358 g/mol. The molecule has 1 amide bonds. The molecule has 1 saturated carbocycles. The van der Waals surface area contributed by atoms with Gasteiger partial charge in [-0.3, -0.25) is 4.79 Å². The fraction of sp³-hybridized carbons (Fsp3) is 0.562. The Balaban J connectivity index is 2.24. The maximum absolute atomic E-state index is 14.0. The Kier molecular flexibility index (Phi) is 5.25. The molecule has 2 atom stereocenters. The lowest BCUT2D eigenvalue weighted by Gasteiger charge is -2.39. The third-order valence-electron chi connectivity index (χ3n) is 4.15. The number of alkyl halides is 1. The second-order valence-electron chi connectivity index (χ2n) is 5.89. The number of benzene rings is 1. The lowest BCUT2D eigenvalue weighted by molar-refractivity contribution is 0.0862. The maximum atomic E-state index is 14.0. The number of carbonyl (C=O) groups excluding carboxylic acids is 1. The van der Waals surface area contributed by atoms with Crippen LogP contribution in [0.25, 0.3) is 0 Å². The van der Waals surface area contributed by atoms with Gasteiger partial charge in [-0.05, 0) is 30.9 Å². The molecule has 116 valence electrons. The van der Waals surface area contributed by atoms with E-state index >= 15 is 0 Å². The van der Waals surface area contributed by atoms with E-state index in [-0.39, 0.29) is 16.9 Å². The molecule has 0 aromatic heterocycles. The highest BCUT2D eigenvalue weighted by Gasteiger charge is 2.36. The van der Waals surface area contributed by atoms with Crippen LogP contribution in [-0.2, 0) is 0 Å². The molecule has 1 aliphatic rings. The van der Waals surface area contributed by atoms with E-state index in [1.54, 1.807) is 6.07 Å². The van der Waals surface area contributed by atoms with Crippen LogP contribution in [0.3, 0.4) is 0 Å². The molecule has 1 N–H and O–H groups in total. The van der Waals surface area contributed by atoms with E-state index in [0.717, 1.165) is 19.3 Å². The molecule has 0 saturated heterocycles. The molecule has 2 unspecified atom stereocenters. The highest BCUT2D eigenvalue weighted by molar-refractivity contribution is 9.09. The second kappa shape index (κ2) is 6.77. The van der Waals surface area contributed by atoms with Crippen LogP contribution in [-0.4, -0.2) is 23.9 Å². The number of hydrogen-bond donors (Lipinski definition) is 1. The van der Waals surface area contributed by atoms with Crippen molar-refractivity contribution in [2.45, 2.75) is 38.1 Å². The zero-order chi connectivity index (χ0) is 15.5. The predicted molar refractivity (Wildman–Crippen MR) is 84.6 cm³/mol. The number of halogens is 2. The van der Waals surface area contributed by atoms with Crippen LogP contribution in [0.15, 0.2) is 18.2 Å². The van der Waals surface area contributed by atoms with Gasteiger partial charge in [-0.1, -0.05) is 41.8 Å². The van der Waals surface area contributed by atoms with Crippen molar-refractivity contribution in [3.05, 3.63) is 29.6 Å². The molecule has 1 fully saturated rings. The first kappa shape index (κ1) is 16.3. The SMILES string of the molecule is COc1cccc(F)c1C(=O)NC1(CBr)CCCC(C)C1. The molecule has 21 heavy (non-hydrogen) atoms. The quantitative estimate of drug-likeness (QED) is 0.829. The minimum Gasteiger partial charge on any atom is -0.496 e. The number of hydrogen-bond acceptors (Lipinski definition) is 2. The van der Waals surface area contributed by atoms with Gasteiger partial charge < -0.3 is 10.1 Å². The number of nitrogens with one attached hydrogen (secondary N) is 1. The first-order valence-corrected chi connectivity index (χ1v) is 8.34. The average Bonchev–Trinajstić information content (AvgIpc) is 2.46. The van der Waals surface area contributed by atoms with Crippen molar-refractivity contribution in [2.75, 3.05) is 12.4 Å². The van der Waals surface area contributed by atoms with Crippen LogP contribution in [0.2, 0.25) is 0 Å². The monoisotopic (exact) mass is 357 g/mol. The van der Waals surface area contributed by atoms with E-state index in [0.29, 0.717) is 11.2 Å². The van der Waals surface area contributed by atoms with Crippen molar-refractivity contribution >= 4 is 21.8 Å². The Morgan fingerprint density at radius 1 is 1.57 bits per heavy atom. The van der Waals surface area contributed by atoms with Gasteiger partial charge in [0.15, 0.2) is 0 Å². The molecular formula is C16H21BrFNO2. The van der Waals surface area contributed by atoms with Gasteiger partial charge in [0.1, 0.15) is 17.1 Å². The minimum atomic E-state index is -0.555. The van der Waals surface area contributed by atoms with E-state index in [1.165, 1.54) is 25.7 Å². The summed E-state index contributed by atoms with van der Waals surface area (Å²) >= 11 is 3.51. The van der Waals surface area contributed by atoms with E-state index in [1.807, 2.05) is 0 Å². The van der Waals surface area contributed by atoms with E-state index in [9.17, 15) is 9.18 Å². The second-order valence-corrected chi connectivity index (χ2v) is 6.45. The van der Waals surface area contributed by atoms with Crippen LogP contribution in [0.5, 0.6) is 5.75 Å². The molecule has 0 radical (unpaired) electrons. The summed E-state index contributed by atoms with van der Waals surface area (Å²) in [5, 5.41) is 3.71. The van der Waals surface area contributed by atoms with Gasteiger partial charge in [-0.2, -0.15) is 0 Å². The first-order valence-electron chi connectivity index (χ1n) is 7.22. The summed E-state index contributed by atoms with van der Waals surface area (Å²) in [5.74, 6) is -0.140. The zero-order valence-electron chi connectivity index (χ0n) is 12.4. The van der Waals surface area contributed by atoms with Gasteiger partial charge in [0, 0.05) is 5.33 Å². The van der Waals surface area contributed by atoms with Crippen LogP contribution >= 0.6 is 15.9 Å². The summed E-state index contributed by atoms with van der Waals surface area (Å²) in [5.41, 5.74) is -0.319. The van der Waals surface area contributed by atoms with Crippen LogP contribution < -0.4 is 10.1 Å². The van der Waals surface area contributed by atoms with Gasteiger partial charge in [-0.15, -0.1) is 0 Å². The van der Waals surface area contributed by atoms with E-state index in [4.69, 9.17) is 4.74 Å². The maximum Gasteiger partial charge on any atom is 0.258 e. The third kappa shape index (κ3) is 3.57. The number of carbonyl (C=O) groups is 1. The Hall–Kier alpha value is -1.10. The minimum absolute atomic E-state index is 0.0152. The predicted octanol–water partition coefficient (Wildman–Crippen LogP) is 3.91. The Labute approximate surface area is 133 Å². The van der Waals surface area contributed by atoms with E-state index < -0.39 is 11.7 Å². The van der Waals surface area contributed by atoms with E-state index in [2.05, 4.69) is 28.2 Å². The summed E-state index contributed by atoms with van der Waals surface area (Å²) in [6, 6.07) is 4.41. The van der Waals surface area contributed by atoms with Crippen LogP contribution in [0, 0.1) is 11.7 Å². The topological polar surface area (TPSA) is 38.3 Å². The van der Waals surface area contributed by atoms with Crippen molar-refractivity contribution in [3.8, 4) is 5.75 Å². The summed E-state index contributed by atoms with van der Waals surface area (Å²) in [4.78, 5) is 12.5. The van der Waals surface area contributed by atoms with Crippen molar-refractivity contribution in [1.82, 2.24) is 5.32 Å². The molecule has 0 spiro atoms. The first-order chi connectivity index (χ1) is 10.0. The van der Waals surface area contributed by atoms with Crippen LogP contribution in [0.4, 0.5) is 4.39 Å². The molecule has 1 aromatic carbocycles. The molecule has 1 aromatic rings. The zero-order valence-corrected chi connectivity index (χ0v) is 14.0. The summed E-state index contributed by atoms with van der Waals surface area (Å²) < 4.78 is 19.1. The standard InChI is InChI=1S/C16H21BrFNO2/c1-11-5-4-8-16(9-11,10-17)19-15(20)14-12(18)6-3-7-13(14)21-2/h3,6-7,11H,4-5,8-10H2,1-2H3,(H,19,20). The molecule has 5 heteroatoms. The molecule has 0 bridgehead atoms. The Bertz CT molecular complexity index is 523. The van der Waals surface area contributed by atoms with Crippen LogP contribution in [0.1, 0.15) is 43.0 Å². The van der Waals surface area contributed by atoms with Crippen molar-refractivity contribution < 1.29 is 13.9 Å². The summed E-state index contributed by atoms with van der Waals surface area (Å²) in [6.45, 7) is 2.19. The lowest BCUT2D eigenvalue weighted by Crippen LogP contribution is -2.52. The van der Waals surface area contributed by atoms with Crippen molar-refractivity contribution in [3.63, 3.8) is 0 Å². The van der Waals surface area contributed by atoms with Gasteiger partial charge in [-0.25, -0.2) is 4.39 Å². The fourth-order valence-corrected chi connectivity index (χ4v) is 3.78. The fourth-order valence-electron chi connectivity index (χ4n) is 3.13. The number of methoxy groups -OCH3 is 1. The Morgan fingerprint density at radius 2 is 2.33 bits per heavy atom. The highest BCUT2D eigenvalue weighted by Crippen LogP contribution is 2.34. The van der Waals surface area contributed by atoms with Gasteiger partial charge in [0.25, 0.3) is 5.91 Å². The summed E-state index contributed by atoms with van der Waals surface area (Å²) in [7, 11) is 1.44. The molecule has 2 rings (SSSR count). The Morgan fingerprint density at radius 3 is 2.95 bits per heavy atom. The highest BCUT2D eigenvalue weighted by atomic mass is 79.9. The largest absolute Gasteiger partial charge is 0.496 e. The van der Waals surface area contributed by atoms with Gasteiger partial charge in [0.2, 0.25) is 0 Å². The third-order valence-corrected chi connectivity index (χ3v) is 5.22. The smallest absolute Gasteiger partial charge is 0.258 e. The number of amides is 1. The molecule has 0 heterocycles. The van der Waals surface area contributed by atoms with Crippen molar-refractivity contribution in [2.24, 2.45) is 5.92 Å². The molecule has 1 aliphatic carbocycles. The molecule has 0 aliphatic heterocycles. The molecular weight excluding hydrogens is 337 g/mol. The number of rotatable bonds is 4. The van der Waals surface area contributed by atoms with Crippen molar-refractivity contribution in [1.29, 1.82) is 0 Å². The van der Waals surface area contributed by atoms with Gasteiger partial charge in [0.05, 0.1) is 12.6 Å². The molecule has 3 nitrogen and oxygen atoms in total. The summed E-state index contributed by atoms with van der Waals surface area (Å²) in [6.07, 6.45) is 4.06.